The summed E-state index contributed by atoms with van der Waals surface area (Å²) in [5, 5.41) is 9.32. The molecule has 1 heterocycles. The summed E-state index contributed by atoms with van der Waals surface area (Å²) < 4.78 is 5.87. The molecule has 1 aliphatic rings. The number of fused-ring (bicyclic) bond motifs is 2. The van der Waals surface area contributed by atoms with Gasteiger partial charge in [0.25, 0.3) is 0 Å². The second kappa shape index (κ2) is 4.83. The van der Waals surface area contributed by atoms with Crippen LogP contribution in [0.1, 0.15) is 29.0 Å². The predicted octanol–water partition coefficient (Wildman–Crippen LogP) is 3.09. The third kappa shape index (κ3) is 1.89. The minimum absolute atomic E-state index is 0.188. The summed E-state index contributed by atoms with van der Waals surface area (Å²) >= 11 is 0. The van der Waals surface area contributed by atoms with Crippen molar-refractivity contribution < 1.29 is 9.84 Å². The molecule has 1 N–H and O–H groups in total. The summed E-state index contributed by atoms with van der Waals surface area (Å²) in [5.41, 5.74) is 3.67. The van der Waals surface area contributed by atoms with Crippen molar-refractivity contribution in [2.45, 2.75) is 18.9 Å². The van der Waals surface area contributed by atoms with Gasteiger partial charge in [0.1, 0.15) is 12.4 Å². The number of aliphatic hydroxyl groups excluding tert-OH is 1. The Morgan fingerprint density at radius 2 is 1.72 bits per heavy atom. The van der Waals surface area contributed by atoms with Crippen molar-refractivity contribution in [3.63, 3.8) is 0 Å². The molecule has 1 unspecified atom stereocenters. The van der Waals surface area contributed by atoms with E-state index in [9.17, 15) is 5.11 Å². The van der Waals surface area contributed by atoms with Gasteiger partial charge in [-0.2, -0.15) is 0 Å². The van der Waals surface area contributed by atoms with Crippen LogP contribution < -0.4 is 4.74 Å². The standard InChI is InChI=1S/C16H16O2/c17-10-9-14-13-6-2-1-5-12(13)11-18-16-8-4-3-7-15(14)16/h1-8,14,17H,9-11H2. The Labute approximate surface area is 107 Å². The molecule has 2 heteroatoms. The number of hydrogen-bond donors (Lipinski definition) is 1. The van der Waals surface area contributed by atoms with Crippen molar-refractivity contribution in [1.29, 1.82) is 0 Å². The first-order chi connectivity index (χ1) is 8.90. The van der Waals surface area contributed by atoms with Gasteiger partial charge in [-0.25, -0.2) is 0 Å². The summed E-state index contributed by atoms with van der Waals surface area (Å²) in [6.07, 6.45) is 0.734. The zero-order chi connectivity index (χ0) is 12.4. The highest BCUT2D eigenvalue weighted by atomic mass is 16.5. The van der Waals surface area contributed by atoms with Crippen molar-refractivity contribution in [3.8, 4) is 5.75 Å². The molecular formula is C16H16O2. The van der Waals surface area contributed by atoms with Crippen LogP contribution in [0.4, 0.5) is 0 Å². The average Bonchev–Trinajstić information content (AvgIpc) is 2.58. The molecule has 3 rings (SSSR count). The molecule has 0 radical (unpaired) electrons. The second-order valence-corrected chi connectivity index (χ2v) is 4.59. The van der Waals surface area contributed by atoms with E-state index in [1.54, 1.807) is 0 Å². The monoisotopic (exact) mass is 240 g/mol. The van der Waals surface area contributed by atoms with Crippen molar-refractivity contribution in [2.75, 3.05) is 6.61 Å². The molecule has 0 spiro atoms. The topological polar surface area (TPSA) is 29.5 Å². The van der Waals surface area contributed by atoms with E-state index in [0.717, 1.165) is 12.2 Å². The van der Waals surface area contributed by atoms with Crippen molar-refractivity contribution >= 4 is 0 Å². The van der Waals surface area contributed by atoms with Gasteiger partial charge >= 0.3 is 0 Å². The number of ether oxygens (including phenoxy) is 1. The Kier molecular flexibility index (Phi) is 3.03. The zero-order valence-electron chi connectivity index (χ0n) is 10.2. The van der Waals surface area contributed by atoms with Gasteiger partial charge in [0.05, 0.1) is 0 Å². The lowest BCUT2D eigenvalue weighted by Crippen LogP contribution is -2.04. The van der Waals surface area contributed by atoms with Crippen molar-refractivity contribution in [3.05, 3.63) is 65.2 Å². The van der Waals surface area contributed by atoms with Gasteiger partial charge in [-0.05, 0) is 23.6 Å². The van der Waals surface area contributed by atoms with Crippen LogP contribution in [0.5, 0.6) is 5.75 Å². The van der Waals surface area contributed by atoms with E-state index >= 15 is 0 Å². The molecule has 2 aromatic rings. The minimum atomic E-state index is 0.188. The van der Waals surface area contributed by atoms with Crippen LogP contribution in [-0.4, -0.2) is 11.7 Å². The third-order valence-corrected chi connectivity index (χ3v) is 3.53. The number of hydrogen-bond acceptors (Lipinski definition) is 2. The average molecular weight is 240 g/mol. The Balaban J connectivity index is 2.15. The van der Waals surface area contributed by atoms with Crippen LogP contribution >= 0.6 is 0 Å². The van der Waals surface area contributed by atoms with E-state index in [1.807, 2.05) is 24.3 Å². The van der Waals surface area contributed by atoms with E-state index < -0.39 is 0 Å². The molecule has 0 aromatic heterocycles. The molecule has 92 valence electrons. The summed E-state index contributed by atoms with van der Waals surface area (Å²) in [5.74, 6) is 1.16. The molecule has 18 heavy (non-hydrogen) atoms. The lowest BCUT2D eigenvalue weighted by Gasteiger charge is -2.17. The van der Waals surface area contributed by atoms with E-state index in [-0.39, 0.29) is 12.5 Å². The molecule has 0 aliphatic carbocycles. The maximum atomic E-state index is 9.32. The van der Waals surface area contributed by atoms with Gasteiger partial charge < -0.3 is 9.84 Å². The Morgan fingerprint density at radius 1 is 1.00 bits per heavy atom. The molecule has 2 aromatic carbocycles. The van der Waals surface area contributed by atoms with Crippen LogP contribution in [-0.2, 0) is 6.61 Å². The van der Waals surface area contributed by atoms with E-state index in [0.29, 0.717) is 6.61 Å². The highest BCUT2D eigenvalue weighted by Gasteiger charge is 2.23. The van der Waals surface area contributed by atoms with Gasteiger partial charge in [-0.1, -0.05) is 42.5 Å². The highest BCUT2D eigenvalue weighted by Crippen LogP contribution is 2.38. The largest absolute Gasteiger partial charge is 0.489 e. The first kappa shape index (κ1) is 11.3. The van der Waals surface area contributed by atoms with Gasteiger partial charge in [0.2, 0.25) is 0 Å². The first-order valence-corrected chi connectivity index (χ1v) is 6.30. The van der Waals surface area contributed by atoms with Crippen LogP contribution in [0, 0.1) is 0 Å². The Morgan fingerprint density at radius 3 is 2.56 bits per heavy atom. The normalized spacial score (nSPS) is 17.3. The number of para-hydroxylation sites is 1. The van der Waals surface area contributed by atoms with E-state index in [2.05, 4.69) is 24.3 Å². The molecule has 1 atom stereocenters. The molecule has 0 saturated carbocycles. The molecule has 2 nitrogen and oxygen atoms in total. The van der Waals surface area contributed by atoms with Crippen LogP contribution in [0.15, 0.2) is 48.5 Å². The SMILES string of the molecule is OCCC1c2ccccc2COc2ccccc21. The molecule has 0 bridgehead atoms. The highest BCUT2D eigenvalue weighted by molar-refractivity contribution is 5.46. The summed E-state index contributed by atoms with van der Waals surface area (Å²) in [6, 6.07) is 16.5. The smallest absolute Gasteiger partial charge is 0.123 e. The van der Waals surface area contributed by atoms with Crippen LogP contribution in [0.2, 0.25) is 0 Å². The first-order valence-electron chi connectivity index (χ1n) is 6.30. The quantitative estimate of drug-likeness (QED) is 0.874. The van der Waals surface area contributed by atoms with Gasteiger partial charge in [-0.15, -0.1) is 0 Å². The lowest BCUT2D eigenvalue weighted by atomic mass is 9.86. The van der Waals surface area contributed by atoms with Gasteiger partial charge in [-0.3, -0.25) is 0 Å². The maximum Gasteiger partial charge on any atom is 0.123 e. The fourth-order valence-electron chi connectivity index (χ4n) is 2.67. The summed E-state index contributed by atoms with van der Waals surface area (Å²) in [6.45, 7) is 0.794. The molecule has 0 saturated heterocycles. The predicted molar refractivity (Wildman–Crippen MR) is 70.8 cm³/mol. The Hall–Kier alpha value is -1.80. The number of aliphatic hydroxyl groups is 1. The lowest BCUT2D eigenvalue weighted by molar-refractivity contribution is 0.280. The van der Waals surface area contributed by atoms with Crippen LogP contribution in [0.3, 0.4) is 0 Å². The van der Waals surface area contributed by atoms with Gasteiger partial charge in [0.15, 0.2) is 0 Å². The number of benzene rings is 2. The molecule has 0 amide bonds. The molecular weight excluding hydrogens is 224 g/mol. The van der Waals surface area contributed by atoms with E-state index in [4.69, 9.17) is 4.74 Å². The molecule has 0 fully saturated rings. The fraction of sp³-hybridized carbons (Fsp3) is 0.250. The summed E-state index contributed by atoms with van der Waals surface area (Å²) in [4.78, 5) is 0. The van der Waals surface area contributed by atoms with Crippen LogP contribution in [0.25, 0.3) is 0 Å². The van der Waals surface area contributed by atoms with Crippen molar-refractivity contribution in [1.82, 2.24) is 0 Å². The summed E-state index contributed by atoms with van der Waals surface area (Å²) in [7, 11) is 0. The molecule has 1 aliphatic heterocycles. The maximum absolute atomic E-state index is 9.32. The second-order valence-electron chi connectivity index (χ2n) is 4.59. The third-order valence-electron chi connectivity index (χ3n) is 3.53. The Bertz CT molecular complexity index is 501. The number of rotatable bonds is 2. The van der Waals surface area contributed by atoms with Gasteiger partial charge in [0, 0.05) is 18.1 Å². The minimum Gasteiger partial charge on any atom is -0.489 e. The fourth-order valence-corrected chi connectivity index (χ4v) is 2.67. The van der Waals surface area contributed by atoms with Crippen molar-refractivity contribution in [2.24, 2.45) is 0 Å². The van der Waals surface area contributed by atoms with E-state index in [1.165, 1.54) is 16.7 Å². The zero-order valence-corrected chi connectivity index (χ0v) is 10.2.